The Bertz CT molecular complexity index is 676. The molecule has 0 spiro atoms. The number of benzene rings is 1. The van der Waals surface area contributed by atoms with Gasteiger partial charge in [0, 0.05) is 17.6 Å². The molecule has 4 nitrogen and oxygen atoms in total. The van der Waals surface area contributed by atoms with E-state index in [2.05, 4.69) is 4.99 Å². The SMILES string of the molecule is CC(C)N=Cc1cc2ccccc2n1C(=O)OC(C)(C)C. The quantitative estimate of drug-likeness (QED) is 0.774. The Balaban J connectivity index is 2.52. The summed E-state index contributed by atoms with van der Waals surface area (Å²) in [5.74, 6) is 0. The Kier molecular flexibility index (Phi) is 4.16. The van der Waals surface area contributed by atoms with Gasteiger partial charge in [0.1, 0.15) is 5.60 Å². The lowest BCUT2D eigenvalue weighted by atomic mass is 10.2. The third-order valence-corrected chi connectivity index (χ3v) is 2.82. The third-order valence-electron chi connectivity index (χ3n) is 2.82. The van der Waals surface area contributed by atoms with Crippen LogP contribution >= 0.6 is 0 Å². The second kappa shape index (κ2) is 5.72. The van der Waals surface area contributed by atoms with Gasteiger partial charge in [0.25, 0.3) is 0 Å². The van der Waals surface area contributed by atoms with Gasteiger partial charge in [0.15, 0.2) is 0 Å². The fourth-order valence-corrected chi connectivity index (χ4v) is 2.01. The van der Waals surface area contributed by atoms with E-state index in [1.807, 2.05) is 65.0 Å². The van der Waals surface area contributed by atoms with Crippen LogP contribution in [-0.2, 0) is 4.74 Å². The molecule has 1 aromatic heterocycles. The molecule has 0 aliphatic carbocycles. The predicted molar refractivity (Wildman–Crippen MR) is 86.3 cm³/mol. The molecule has 2 rings (SSSR count). The molecule has 0 N–H and O–H groups in total. The number of ether oxygens (including phenoxy) is 1. The zero-order chi connectivity index (χ0) is 15.6. The van der Waals surface area contributed by atoms with E-state index in [0.717, 1.165) is 16.6 Å². The van der Waals surface area contributed by atoms with Crippen molar-refractivity contribution >= 4 is 23.2 Å². The average molecular weight is 286 g/mol. The summed E-state index contributed by atoms with van der Waals surface area (Å²) >= 11 is 0. The number of aromatic nitrogens is 1. The summed E-state index contributed by atoms with van der Waals surface area (Å²) in [5, 5.41) is 0.994. The second-order valence-electron chi connectivity index (χ2n) is 6.32. The molecule has 0 unspecified atom stereocenters. The molecular weight excluding hydrogens is 264 g/mol. The van der Waals surface area contributed by atoms with Crippen LogP contribution in [0.1, 0.15) is 40.3 Å². The minimum atomic E-state index is -0.533. The van der Waals surface area contributed by atoms with E-state index in [1.54, 1.807) is 10.8 Å². The van der Waals surface area contributed by atoms with E-state index in [9.17, 15) is 4.79 Å². The highest BCUT2D eigenvalue weighted by atomic mass is 16.6. The van der Waals surface area contributed by atoms with Crippen LogP contribution in [0, 0.1) is 0 Å². The van der Waals surface area contributed by atoms with Crippen molar-refractivity contribution in [1.82, 2.24) is 4.57 Å². The summed E-state index contributed by atoms with van der Waals surface area (Å²) in [5.41, 5.74) is 1.03. The first kappa shape index (κ1) is 15.3. The molecule has 0 saturated carbocycles. The van der Waals surface area contributed by atoms with Gasteiger partial charge in [0.2, 0.25) is 0 Å². The lowest BCUT2D eigenvalue weighted by molar-refractivity contribution is 0.0544. The molecule has 0 aliphatic rings. The molecule has 0 fully saturated rings. The molecule has 0 amide bonds. The van der Waals surface area contributed by atoms with Crippen LogP contribution < -0.4 is 0 Å². The Morgan fingerprint density at radius 1 is 1.29 bits per heavy atom. The molecule has 1 aromatic carbocycles. The van der Waals surface area contributed by atoms with E-state index in [1.165, 1.54) is 0 Å². The zero-order valence-electron chi connectivity index (χ0n) is 13.3. The number of fused-ring (bicyclic) bond motifs is 1. The van der Waals surface area contributed by atoms with Gasteiger partial charge < -0.3 is 4.74 Å². The summed E-state index contributed by atoms with van der Waals surface area (Å²) in [7, 11) is 0. The van der Waals surface area contributed by atoms with E-state index in [0.29, 0.717) is 0 Å². The molecule has 0 saturated heterocycles. The van der Waals surface area contributed by atoms with Crippen LogP contribution in [-0.4, -0.2) is 28.5 Å². The van der Waals surface area contributed by atoms with Crippen molar-refractivity contribution in [2.24, 2.45) is 4.99 Å². The number of carbonyl (C=O) groups excluding carboxylic acids is 1. The van der Waals surface area contributed by atoms with Crippen molar-refractivity contribution in [1.29, 1.82) is 0 Å². The molecule has 4 heteroatoms. The summed E-state index contributed by atoms with van der Waals surface area (Å²) in [6.07, 6.45) is 1.35. The highest BCUT2D eigenvalue weighted by Crippen LogP contribution is 2.21. The van der Waals surface area contributed by atoms with Gasteiger partial charge in [0.05, 0.1) is 11.2 Å². The molecule has 0 radical (unpaired) electrons. The summed E-state index contributed by atoms with van der Waals surface area (Å²) in [4.78, 5) is 16.9. The minimum absolute atomic E-state index is 0.176. The highest BCUT2D eigenvalue weighted by Gasteiger charge is 2.21. The molecule has 21 heavy (non-hydrogen) atoms. The minimum Gasteiger partial charge on any atom is -0.443 e. The van der Waals surface area contributed by atoms with Gasteiger partial charge in [-0.3, -0.25) is 4.99 Å². The molecule has 0 bridgehead atoms. The third kappa shape index (κ3) is 3.72. The van der Waals surface area contributed by atoms with Crippen LogP contribution in [0.3, 0.4) is 0 Å². The van der Waals surface area contributed by atoms with E-state index in [4.69, 9.17) is 4.74 Å². The van der Waals surface area contributed by atoms with Crippen LogP contribution in [0.15, 0.2) is 35.3 Å². The van der Waals surface area contributed by atoms with Gasteiger partial charge in [-0.05, 0) is 46.8 Å². The maximum atomic E-state index is 12.5. The van der Waals surface area contributed by atoms with Gasteiger partial charge in [-0.25, -0.2) is 9.36 Å². The van der Waals surface area contributed by atoms with Gasteiger partial charge in [-0.1, -0.05) is 18.2 Å². The monoisotopic (exact) mass is 286 g/mol. The first-order valence-corrected chi connectivity index (χ1v) is 7.15. The fraction of sp³-hybridized carbons (Fsp3) is 0.412. The van der Waals surface area contributed by atoms with E-state index < -0.39 is 5.60 Å². The Morgan fingerprint density at radius 2 is 1.95 bits per heavy atom. The first-order valence-electron chi connectivity index (χ1n) is 7.15. The van der Waals surface area contributed by atoms with E-state index >= 15 is 0 Å². The number of para-hydroxylation sites is 1. The average Bonchev–Trinajstić information content (AvgIpc) is 2.72. The Morgan fingerprint density at radius 3 is 2.57 bits per heavy atom. The van der Waals surface area contributed by atoms with Crippen LogP contribution in [0.2, 0.25) is 0 Å². The molecule has 1 heterocycles. The normalized spacial score (nSPS) is 12.5. The second-order valence-corrected chi connectivity index (χ2v) is 6.32. The summed E-state index contributed by atoms with van der Waals surface area (Å²) in [6, 6.07) is 9.87. The lowest BCUT2D eigenvalue weighted by Crippen LogP contribution is -2.28. The smallest absolute Gasteiger partial charge is 0.419 e. The maximum Gasteiger partial charge on any atom is 0.419 e. The topological polar surface area (TPSA) is 43.6 Å². The van der Waals surface area contributed by atoms with Crippen molar-refractivity contribution in [2.75, 3.05) is 0 Å². The summed E-state index contributed by atoms with van der Waals surface area (Å²) < 4.78 is 7.08. The molecule has 2 aromatic rings. The molecular formula is C17H22N2O2. The van der Waals surface area contributed by atoms with Crippen molar-refractivity contribution < 1.29 is 9.53 Å². The van der Waals surface area contributed by atoms with Crippen molar-refractivity contribution in [3.05, 3.63) is 36.0 Å². The standard InChI is InChI=1S/C17H22N2O2/c1-12(2)18-11-14-10-13-8-6-7-9-15(13)19(14)16(20)21-17(3,4)5/h6-12H,1-5H3. The number of aliphatic imine (C=N–C) groups is 1. The molecule has 112 valence electrons. The van der Waals surface area contributed by atoms with Gasteiger partial charge >= 0.3 is 6.09 Å². The van der Waals surface area contributed by atoms with Crippen molar-refractivity contribution in [3.8, 4) is 0 Å². The van der Waals surface area contributed by atoms with Crippen LogP contribution in [0.5, 0.6) is 0 Å². The maximum absolute atomic E-state index is 12.5. The highest BCUT2D eigenvalue weighted by molar-refractivity contribution is 5.98. The van der Waals surface area contributed by atoms with Crippen LogP contribution in [0.25, 0.3) is 10.9 Å². The van der Waals surface area contributed by atoms with Crippen molar-refractivity contribution in [2.45, 2.75) is 46.3 Å². The number of carbonyl (C=O) groups is 1. The lowest BCUT2D eigenvalue weighted by Gasteiger charge is -2.20. The molecule has 0 atom stereocenters. The van der Waals surface area contributed by atoms with Gasteiger partial charge in [-0.15, -0.1) is 0 Å². The Labute approximate surface area is 125 Å². The number of hydrogen-bond acceptors (Lipinski definition) is 3. The zero-order valence-corrected chi connectivity index (χ0v) is 13.3. The predicted octanol–water partition coefficient (Wildman–Crippen LogP) is 4.25. The Hall–Kier alpha value is -2.10. The first-order chi connectivity index (χ1) is 9.78. The number of nitrogens with zero attached hydrogens (tertiary/aromatic N) is 2. The fourth-order valence-electron chi connectivity index (χ4n) is 2.01. The van der Waals surface area contributed by atoms with Crippen molar-refractivity contribution in [3.63, 3.8) is 0 Å². The summed E-state index contributed by atoms with van der Waals surface area (Å²) in [6.45, 7) is 9.57. The van der Waals surface area contributed by atoms with Gasteiger partial charge in [-0.2, -0.15) is 0 Å². The largest absolute Gasteiger partial charge is 0.443 e. The molecule has 0 aliphatic heterocycles. The van der Waals surface area contributed by atoms with E-state index in [-0.39, 0.29) is 12.1 Å². The number of rotatable bonds is 2. The number of hydrogen-bond donors (Lipinski definition) is 0. The van der Waals surface area contributed by atoms with Crippen LogP contribution in [0.4, 0.5) is 4.79 Å².